The predicted octanol–water partition coefficient (Wildman–Crippen LogP) is 3.66. The van der Waals surface area contributed by atoms with E-state index in [0.717, 1.165) is 18.4 Å². The molecule has 0 saturated carbocycles. The SMILES string of the molecule is Cc1ccc(O)c(C(C)NC2CC(C)(C)NC(C)(C)C2)c1. The van der Waals surface area contributed by atoms with Gasteiger partial charge in [-0.15, -0.1) is 0 Å². The van der Waals surface area contributed by atoms with Crippen LogP contribution in [-0.2, 0) is 0 Å². The molecule has 1 unspecified atom stereocenters. The molecule has 0 radical (unpaired) electrons. The van der Waals surface area contributed by atoms with Gasteiger partial charge < -0.3 is 15.7 Å². The van der Waals surface area contributed by atoms with Crippen LogP contribution in [0.4, 0.5) is 0 Å². The smallest absolute Gasteiger partial charge is 0.120 e. The highest BCUT2D eigenvalue weighted by Gasteiger charge is 2.38. The van der Waals surface area contributed by atoms with Crippen molar-refractivity contribution in [1.29, 1.82) is 0 Å². The quantitative estimate of drug-likeness (QED) is 0.796. The number of phenols is 1. The van der Waals surface area contributed by atoms with Crippen molar-refractivity contribution in [3.63, 3.8) is 0 Å². The molecule has 1 aromatic carbocycles. The number of piperidine rings is 1. The first-order valence-corrected chi connectivity index (χ1v) is 7.93. The Hall–Kier alpha value is -1.06. The normalized spacial score (nSPS) is 23.0. The molecule has 1 aliphatic rings. The van der Waals surface area contributed by atoms with Crippen molar-refractivity contribution in [3.8, 4) is 5.75 Å². The van der Waals surface area contributed by atoms with E-state index in [1.54, 1.807) is 6.07 Å². The molecule has 1 saturated heterocycles. The van der Waals surface area contributed by atoms with Crippen LogP contribution in [0.2, 0.25) is 0 Å². The zero-order valence-corrected chi connectivity index (χ0v) is 14.2. The lowest BCUT2D eigenvalue weighted by Gasteiger charge is -2.47. The number of hydrogen-bond donors (Lipinski definition) is 3. The molecule has 0 spiro atoms. The fraction of sp³-hybridized carbons (Fsp3) is 0.667. The van der Waals surface area contributed by atoms with E-state index < -0.39 is 0 Å². The summed E-state index contributed by atoms with van der Waals surface area (Å²) in [7, 11) is 0. The maximum Gasteiger partial charge on any atom is 0.120 e. The molecule has 0 amide bonds. The lowest BCUT2D eigenvalue weighted by Crippen LogP contribution is -2.61. The zero-order chi connectivity index (χ0) is 15.8. The molecular weight excluding hydrogens is 260 g/mol. The van der Waals surface area contributed by atoms with Crippen molar-refractivity contribution in [3.05, 3.63) is 29.3 Å². The minimum Gasteiger partial charge on any atom is -0.508 e. The molecule has 1 atom stereocenters. The van der Waals surface area contributed by atoms with Gasteiger partial charge in [0.25, 0.3) is 0 Å². The summed E-state index contributed by atoms with van der Waals surface area (Å²) < 4.78 is 0. The van der Waals surface area contributed by atoms with Crippen molar-refractivity contribution in [2.45, 2.75) is 77.5 Å². The summed E-state index contributed by atoms with van der Waals surface area (Å²) in [5.74, 6) is 0.382. The number of rotatable bonds is 3. The highest BCUT2D eigenvalue weighted by molar-refractivity contribution is 5.37. The summed E-state index contributed by atoms with van der Waals surface area (Å²) in [6.45, 7) is 13.2. The van der Waals surface area contributed by atoms with Crippen molar-refractivity contribution >= 4 is 0 Å². The number of aromatic hydroxyl groups is 1. The van der Waals surface area contributed by atoms with Gasteiger partial charge in [-0.2, -0.15) is 0 Å². The Morgan fingerprint density at radius 2 is 1.76 bits per heavy atom. The third-order valence-corrected chi connectivity index (χ3v) is 4.33. The summed E-state index contributed by atoms with van der Waals surface area (Å²) in [5, 5.41) is 17.5. The Bertz CT molecular complexity index is 492. The zero-order valence-electron chi connectivity index (χ0n) is 14.2. The van der Waals surface area contributed by atoms with Crippen LogP contribution in [-0.4, -0.2) is 22.2 Å². The second-order valence-electron chi connectivity index (χ2n) is 7.95. The topological polar surface area (TPSA) is 44.3 Å². The monoisotopic (exact) mass is 290 g/mol. The molecule has 118 valence electrons. The molecule has 3 nitrogen and oxygen atoms in total. The first kappa shape index (κ1) is 16.3. The van der Waals surface area contributed by atoms with Gasteiger partial charge in [0.1, 0.15) is 5.75 Å². The number of phenolic OH excluding ortho intramolecular Hbond substituents is 1. The lowest BCUT2D eigenvalue weighted by atomic mass is 9.79. The fourth-order valence-corrected chi connectivity index (χ4v) is 3.90. The van der Waals surface area contributed by atoms with Gasteiger partial charge in [-0.1, -0.05) is 17.7 Å². The molecule has 0 bridgehead atoms. The summed E-state index contributed by atoms with van der Waals surface area (Å²) in [6, 6.07) is 6.41. The molecule has 1 fully saturated rings. The summed E-state index contributed by atoms with van der Waals surface area (Å²) >= 11 is 0. The van der Waals surface area contributed by atoms with Gasteiger partial charge in [0.2, 0.25) is 0 Å². The van der Waals surface area contributed by atoms with Crippen molar-refractivity contribution in [1.82, 2.24) is 10.6 Å². The molecule has 3 heteroatoms. The van der Waals surface area contributed by atoms with Crippen molar-refractivity contribution in [2.75, 3.05) is 0 Å². The maximum absolute atomic E-state index is 10.1. The molecule has 21 heavy (non-hydrogen) atoms. The second kappa shape index (κ2) is 5.62. The van der Waals surface area contributed by atoms with E-state index >= 15 is 0 Å². The molecule has 2 rings (SSSR count). The van der Waals surface area contributed by atoms with E-state index in [-0.39, 0.29) is 17.1 Å². The van der Waals surface area contributed by atoms with Crippen LogP contribution in [0.3, 0.4) is 0 Å². The van der Waals surface area contributed by atoms with Crippen LogP contribution in [0.15, 0.2) is 18.2 Å². The van der Waals surface area contributed by atoms with E-state index in [1.165, 1.54) is 5.56 Å². The Morgan fingerprint density at radius 3 is 2.33 bits per heavy atom. The van der Waals surface area contributed by atoms with Gasteiger partial charge in [-0.05, 0) is 60.5 Å². The Balaban J connectivity index is 2.12. The summed E-state index contributed by atoms with van der Waals surface area (Å²) in [5.41, 5.74) is 2.44. The molecule has 1 aliphatic heterocycles. The summed E-state index contributed by atoms with van der Waals surface area (Å²) in [6.07, 6.45) is 2.18. The summed E-state index contributed by atoms with van der Waals surface area (Å²) in [4.78, 5) is 0. The molecule has 0 aromatic heterocycles. The van der Waals surface area contributed by atoms with Gasteiger partial charge in [0.05, 0.1) is 0 Å². The Labute approximate surface area is 129 Å². The van der Waals surface area contributed by atoms with E-state index in [9.17, 15) is 5.11 Å². The first-order valence-electron chi connectivity index (χ1n) is 7.93. The van der Waals surface area contributed by atoms with Gasteiger partial charge >= 0.3 is 0 Å². The minimum atomic E-state index is 0.133. The number of nitrogens with one attached hydrogen (secondary N) is 2. The number of hydrogen-bond acceptors (Lipinski definition) is 3. The van der Waals surface area contributed by atoms with E-state index in [2.05, 4.69) is 58.2 Å². The molecule has 0 aliphatic carbocycles. The van der Waals surface area contributed by atoms with Crippen molar-refractivity contribution < 1.29 is 5.11 Å². The van der Waals surface area contributed by atoms with Gasteiger partial charge in [0, 0.05) is 28.7 Å². The van der Waals surface area contributed by atoms with Crippen LogP contribution >= 0.6 is 0 Å². The van der Waals surface area contributed by atoms with Gasteiger partial charge in [0.15, 0.2) is 0 Å². The molecule has 1 heterocycles. The Morgan fingerprint density at radius 1 is 1.19 bits per heavy atom. The highest BCUT2D eigenvalue weighted by atomic mass is 16.3. The van der Waals surface area contributed by atoms with E-state index in [1.807, 2.05) is 6.07 Å². The average molecular weight is 290 g/mol. The fourth-order valence-electron chi connectivity index (χ4n) is 3.90. The standard InChI is InChI=1S/C18H30N2O/c1-12-7-8-16(21)15(9-12)13(2)19-14-10-17(3,4)20-18(5,6)11-14/h7-9,13-14,19-21H,10-11H2,1-6H3. The van der Waals surface area contributed by atoms with E-state index in [0.29, 0.717) is 11.8 Å². The Kier molecular flexibility index (Phi) is 4.36. The van der Waals surface area contributed by atoms with E-state index in [4.69, 9.17) is 0 Å². The third-order valence-electron chi connectivity index (χ3n) is 4.33. The average Bonchev–Trinajstić information content (AvgIpc) is 2.27. The van der Waals surface area contributed by atoms with Crippen LogP contribution < -0.4 is 10.6 Å². The number of aryl methyl sites for hydroxylation is 1. The van der Waals surface area contributed by atoms with Gasteiger partial charge in [-0.3, -0.25) is 0 Å². The molecule has 3 N–H and O–H groups in total. The largest absolute Gasteiger partial charge is 0.508 e. The maximum atomic E-state index is 10.1. The minimum absolute atomic E-state index is 0.133. The predicted molar refractivity (Wildman–Crippen MR) is 88.7 cm³/mol. The van der Waals surface area contributed by atoms with Crippen LogP contribution in [0.25, 0.3) is 0 Å². The molecule has 1 aromatic rings. The first-order chi connectivity index (χ1) is 9.58. The lowest BCUT2D eigenvalue weighted by molar-refractivity contribution is 0.140. The second-order valence-corrected chi connectivity index (χ2v) is 7.95. The van der Waals surface area contributed by atoms with Crippen LogP contribution in [0.1, 0.15) is 64.6 Å². The number of benzene rings is 1. The highest BCUT2D eigenvalue weighted by Crippen LogP contribution is 2.31. The van der Waals surface area contributed by atoms with Crippen LogP contribution in [0, 0.1) is 6.92 Å². The van der Waals surface area contributed by atoms with Crippen LogP contribution in [0.5, 0.6) is 5.75 Å². The third kappa shape index (κ3) is 4.21. The van der Waals surface area contributed by atoms with Gasteiger partial charge in [-0.25, -0.2) is 0 Å². The van der Waals surface area contributed by atoms with Crippen molar-refractivity contribution in [2.24, 2.45) is 0 Å². The molecular formula is C18H30N2O.